The largest absolute Gasteiger partial charge is 0.465 e. The number of carbonyl (C=O) groups excluding carboxylic acids is 2. The summed E-state index contributed by atoms with van der Waals surface area (Å²) in [5.41, 5.74) is 0. The third-order valence-corrected chi connectivity index (χ3v) is 2.46. The highest BCUT2D eigenvalue weighted by atomic mass is 16.5. The molecule has 1 unspecified atom stereocenters. The summed E-state index contributed by atoms with van der Waals surface area (Å²) in [4.78, 5) is 22.5. The Morgan fingerprint density at radius 3 is 2.62 bits per heavy atom. The van der Waals surface area contributed by atoms with Crippen LogP contribution in [0.5, 0.6) is 0 Å². The van der Waals surface area contributed by atoms with Gasteiger partial charge in [0.05, 0.1) is 6.61 Å². The van der Waals surface area contributed by atoms with Crippen molar-refractivity contribution in [3.63, 3.8) is 0 Å². The summed E-state index contributed by atoms with van der Waals surface area (Å²) in [5, 5.41) is 5.81. The van der Waals surface area contributed by atoms with Crippen LogP contribution in [0.25, 0.3) is 0 Å². The van der Waals surface area contributed by atoms with Crippen LogP contribution in [0.1, 0.15) is 26.7 Å². The van der Waals surface area contributed by atoms with Crippen molar-refractivity contribution in [2.45, 2.75) is 32.7 Å². The molecule has 0 aromatic heterocycles. The molecule has 0 aromatic rings. The van der Waals surface area contributed by atoms with E-state index in [4.69, 9.17) is 4.74 Å². The normalized spacial score (nSPS) is 16.6. The zero-order valence-electron chi connectivity index (χ0n) is 9.91. The van der Waals surface area contributed by atoms with Gasteiger partial charge in [0.2, 0.25) is 5.91 Å². The second-order valence-electron chi connectivity index (χ2n) is 3.99. The van der Waals surface area contributed by atoms with Gasteiger partial charge in [-0.3, -0.25) is 9.59 Å². The molecule has 2 N–H and O–H groups in total. The van der Waals surface area contributed by atoms with E-state index in [1.54, 1.807) is 13.8 Å². The van der Waals surface area contributed by atoms with E-state index in [0.29, 0.717) is 19.7 Å². The Kier molecular flexibility index (Phi) is 5.25. The summed E-state index contributed by atoms with van der Waals surface area (Å²) in [6, 6.07) is -0.322. The Hall–Kier alpha value is -1.10. The molecule has 1 saturated carbocycles. The van der Waals surface area contributed by atoms with Gasteiger partial charge in [0.15, 0.2) is 0 Å². The summed E-state index contributed by atoms with van der Waals surface area (Å²) >= 11 is 0. The number of hydrogen-bond acceptors (Lipinski definition) is 4. The zero-order valence-corrected chi connectivity index (χ0v) is 9.91. The predicted octanol–water partition coefficient (Wildman–Crippen LogP) is 0.0538. The lowest BCUT2D eigenvalue weighted by Gasteiger charge is -2.12. The van der Waals surface area contributed by atoms with Gasteiger partial charge in [0, 0.05) is 19.0 Å². The van der Waals surface area contributed by atoms with E-state index < -0.39 is 0 Å². The van der Waals surface area contributed by atoms with E-state index in [1.807, 2.05) is 0 Å². The van der Waals surface area contributed by atoms with Gasteiger partial charge in [0.1, 0.15) is 6.04 Å². The molecule has 5 nitrogen and oxygen atoms in total. The van der Waals surface area contributed by atoms with Crippen molar-refractivity contribution in [1.29, 1.82) is 0 Å². The zero-order chi connectivity index (χ0) is 12.0. The Balaban J connectivity index is 2.01. The summed E-state index contributed by atoms with van der Waals surface area (Å²) < 4.78 is 4.84. The second kappa shape index (κ2) is 6.48. The lowest BCUT2D eigenvalue weighted by atomic mass is 10.3. The quantitative estimate of drug-likeness (QED) is 0.477. The maximum atomic E-state index is 11.3. The minimum atomic E-state index is -0.322. The van der Waals surface area contributed by atoms with Crippen LogP contribution in [0, 0.1) is 5.92 Å². The highest BCUT2D eigenvalue weighted by Gasteiger charge is 2.29. The fourth-order valence-electron chi connectivity index (χ4n) is 1.31. The van der Waals surface area contributed by atoms with Crippen LogP contribution in [0.3, 0.4) is 0 Å². The first-order valence-corrected chi connectivity index (χ1v) is 5.83. The maximum absolute atomic E-state index is 11.3. The van der Waals surface area contributed by atoms with Crippen LogP contribution in [-0.4, -0.2) is 37.6 Å². The van der Waals surface area contributed by atoms with Crippen LogP contribution in [0.4, 0.5) is 0 Å². The molecule has 1 rings (SSSR count). The smallest absolute Gasteiger partial charge is 0.322 e. The molecule has 0 aliphatic heterocycles. The molecule has 92 valence electrons. The molecule has 16 heavy (non-hydrogen) atoms. The molecule has 0 radical (unpaired) electrons. The third-order valence-electron chi connectivity index (χ3n) is 2.46. The highest BCUT2D eigenvalue weighted by molar-refractivity contribution is 5.80. The van der Waals surface area contributed by atoms with Crippen molar-refractivity contribution < 1.29 is 14.3 Å². The lowest BCUT2D eigenvalue weighted by molar-refractivity contribution is -0.145. The fourth-order valence-corrected chi connectivity index (χ4v) is 1.31. The Morgan fingerprint density at radius 1 is 1.38 bits per heavy atom. The van der Waals surface area contributed by atoms with Crippen LogP contribution >= 0.6 is 0 Å². The average molecular weight is 228 g/mol. The summed E-state index contributed by atoms with van der Waals surface area (Å²) in [6.45, 7) is 5.06. The van der Waals surface area contributed by atoms with E-state index in [-0.39, 0.29) is 23.8 Å². The van der Waals surface area contributed by atoms with E-state index in [9.17, 15) is 9.59 Å². The highest BCUT2D eigenvalue weighted by Crippen LogP contribution is 2.28. The maximum Gasteiger partial charge on any atom is 0.322 e. The van der Waals surface area contributed by atoms with Gasteiger partial charge in [-0.25, -0.2) is 0 Å². The number of nitrogens with one attached hydrogen (secondary N) is 2. The van der Waals surface area contributed by atoms with Crippen LogP contribution in [-0.2, 0) is 14.3 Å². The number of carbonyl (C=O) groups is 2. The van der Waals surface area contributed by atoms with Gasteiger partial charge in [-0.15, -0.1) is 0 Å². The Morgan fingerprint density at radius 2 is 2.06 bits per heavy atom. The molecule has 1 aliphatic rings. The lowest BCUT2D eigenvalue weighted by Crippen LogP contribution is -2.40. The van der Waals surface area contributed by atoms with Gasteiger partial charge in [-0.1, -0.05) is 0 Å². The molecule has 0 heterocycles. The first kappa shape index (κ1) is 13.0. The van der Waals surface area contributed by atoms with Gasteiger partial charge in [-0.05, 0) is 26.7 Å². The number of amides is 1. The van der Waals surface area contributed by atoms with E-state index >= 15 is 0 Å². The van der Waals surface area contributed by atoms with Gasteiger partial charge in [-0.2, -0.15) is 0 Å². The van der Waals surface area contributed by atoms with Crippen molar-refractivity contribution >= 4 is 11.9 Å². The van der Waals surface area contributed by atoms with Crippen molar-refractivity contribution in [3.8, 4) is 0 Å². The topological polar surface area (TPSA) is 67.4 Å². The molecule has 1 fully saturated rings. The number of esters is 1. The molecule has 1 amide bonds. The number of hydrogen-bond donors (Lipinski definition) is 2. The molecule has 0 saturated heterocycles. The molecular formula is C11H20N2O3. The van der Waals surface area contributed by atoms with E-state index in [0.717, 1.165) is 12.8 Å². The molecule has 0 spiro atoms. The molecule has 1 aliphatic carbocycles. The minimum absolute atomic E-state index is 0.130. The van der Waals surface area contributed by atoms with Crippen LogP contribution in [0.15, 0.2) is 0 Å². The molecule has 5 heteroatoms. The van der Waals surface area contributed by atoms with Gasteiger partial charge >= 0.3 is 5.97 Å². The van der Waals surface area contributed by atoms with Crippen molar-refractivity contribution in [3.05, 3.63) is 0 Å². The van der Waals surface area contributed by atoms with E-state index in [1.165, 1.54) is 0 Å². The minimum Gasteiger partial charge on any atom is -0.465 e. The summed E-state index contributed by atoms with van der Waals surface area (Å²) in [5.74, 6) is 0.115. The Labute approximate surface area is 95.9 Å². The molecule has 0 aromatic carbocycles. The summed E-state index contributed by atoms with van der Waals surface area (Å²) in [6.07, 6.45) is 2.02. The average Bonchev–Trinajstić information content (AvgIpc) is 3.07. The fraction of sp³-hybridized carbons (Fsp3) is 0.818. The van der Waals surface area contributed by atoms with Crippen LogP contribution in [0.2, 0.25) is 0 Å². The number of ether oxygens (including phenoxy) is 1. The number of rotatable bonds is 7. The van der Waals surface area contributed by atoms with Crippen molar-refractivity contribution in [2.75, 3.05) is 19.7 Å². The standard InChI is InChI=1S/C11H20N2O3/c1-3-16-11(15)8(2)12-6-7-13-10(14)9-4-5-9/h8-9,12H,3-7H2,1-2H3,(H,13,14). The SMILES string of the molecule is CCOC(=O)C(C)NCCNC(=O)C1CC1. The predicted molar refractivity (Wildman–Crippen MR) is 59.8 cm³/mol. The van der Waals surface area contributed by atoms with Gasteiger partial charge < -0.3 is 15.4 Å². The monoisotopic (exact) mass is 228 g/mol. The van der Waals surface area contributed by atoms with Crippen molar-refractivity contribution in [2.24, 2.45) is 5.92 Å². The summed E-state index contributed by atoms with van der Waals surface area (Å²) in [7, 11) is 0. The Bertz CT molecular complexity index is 252. The van der Waals surface area contributed by atoms with Gasteiger partial charge in [0.25, 0.3) is 0 Å². The first-order valence-electron chi connectivity index (χ1n) is 5.83. The molecule has 0 bridgehead atoms. The third kappa shape index (κ3) is 4.61. The van der Waals surface area contributed by atoms with Crippen LogP contribution < -0.4 is 10.6 Å². The second-order valence-corrected chi connectivity index (χ2v) is 3.99. The van der Waals surface area contributed by atoms with Crippen molar-refractivity contribution in [1.82, 2.24) is 10.6 Å². The molecular weight excluding hydrogens is 208 g/mol. The molecule has 1 atom stereocenters. The van der Waals surface area contributed by atoms with E-state index in [2.05, 4.69) is 10.6 Å². The first-order chi connectivity index (χ1) is 7.65.